The molecule has 2 heterocycles. The molecular formula is C15H24N4. The number of aromatic nitrogens is 2. The molecule has 1 saturated heterocycles. The number of anilines is 1. The second-order valence-corrected chi connectivity index (χ2v) is 5.91. The lowest BCUT2D eigenvalue weighted by Crippen LogP contribution is -2.18. The van der Waals surface area contributed by atoms with Crippen LogP contribution >= 0.6 is 0 Å². The predicted molar refractivity (Wildman–Crippen MR) is 77.3 cm³/mol. The summed E-state index contributed by atoms with van der Waals surface area (Å²) in [5.74, 6) is 2.20. The maximum Gasteiger partial charge on any atom is 0.222 e. The van der Waals surface area contributed by atoms with Gasteiger partial charge < -0.3 is 10.6 Å². The third kappa shape index (κ3) is 3.44. The first kappa shape index (κ1) is 12.9. The third-order valence-electron chi connectivity index (χ3n) is 4.46. The normalized spacial score (nSPS) is 24.5. The van der Waals surface area contributed by atoms with Crippen LogP contribution in [0.3, 0.4) is 0 Å². The van der Waals surface area contributed by atoms with E-state index >= 15 is 0 Å². The van der Waals surface area contributed by atoms with Gasteiger partial charge in [0.2, 0.25) is 5.95 Å². The number of hydrogen-bond donors (Lipinski definition) is 2. The SMILES string of the molecule is c1nc(NCC2CCNC2)ncc1C1CCCCC1. The van der Waals surface area contributed by atoms with Crippen LogP contribution in [0, 0.1) is 5.92 Å². The smallest absolute Gasteiger partial charge is 0.222 e. The highest BCUT2D eigenvalue weighted by Gasteiger charge is 2.17. The third-order valence-corrected chi connectivity index (χ3v) is 4.46. The Hall–Kier alpha value is -1.16. The van der Waals surface area contributed by atoms with Crippen LogP contribution in [0.1, 0.15) is 50.0 Å². The molecule has 2 N–H and O–H groups in total. The largest absolute Gasteiger partial charge is 0.354 e. The number of nitrogens with one attached hydrogen (secondary N) is 2. The van der Waals surface area contributed by atoms with E-state index in [0.717, 1.165) is 31.5 Å². The molecule has 4 nitrogen and oxygen atoms in total. The fourth-order valence-corrected chi connectivity index (χ4v) is 3.20. The summed E-state index contributed by atoms with van der Waals surface area (Å²) in [7, 11) is 0. The van der Waals surface area contributed by atoms with Gasteiger partial charge in [-0.1, -0.05) is 19.3 Å². The van der Waals surface area contributed by atoms with Crippen LogP contribution in [0.15, 0.2) is 12.4 Å². The summed E-state index contributed by atoms with van der Waals surface area (Å²) in [5, 5.41) is 6.73. The van der Waals surface area contributed by atoms with Crippen molar-refractivity contribution in [2.24, 2.45) is 5.92 Å². The summed E-state index contributed by atoms with van der Waals surface area (Å²) in [6.07, 6.45) is 12.0. The van der Waals surface area contributed by atoms with Gasteiger partial charge in [0.25, 0.3) is 0 Å². The fourth-order valence-electron chi connectivity index (χ4n) is 3.20. The van der Waals surface area contributed by atoms with Crippen LogP contribution in [0.2, 0.25) is 0 Å². The molecule has 104 valence electrons. The first-order chi connectivity index (χ1) is 9.42. The summed E-state index contributed by atoms with van der Waals surface area (Å²) < 4.78 is 0. The summed E-state index contributed by atoms with van der Waals surface area (Å²) in [6.45, 7) is 3.25. The van der Waals surface area contributed by atoms with Gasteiger partial charge >= 0.3 is 0 Å². The van der Waals surface area contributed by atoms with Crippen molar-refractivity contribution >= 4 is 5.95 Å². The molecule has 1 atom stereocenters. The highest BCUT2D eigenvalue weighted by Crippen LogP contribution is 2.31. The van der Waals surface area contributed by atoms with Crippen molar-refractivity contribution in [3.63, 3.8) is 0 Å². The van der Waals surface area contributed by atoms with Gasteiger partial charge in [-0.25, -0.2) is 9.97 Å². The Morgan fingerprint density at radius 3 is 2.58 bits per heavy atom. The second-order valence-electron chi connectivity index (χ2n) is 5.91. The average Bonchev–Trinajstić information content (AvgIpc) is 3.00. The standard InChI is InChI=1S/C15H24N4/c1-2-4-13(5-3-1)14-10-18-15(19-11-14)17-9-12-6-7-16-8-12/h10-13,16H,1-9H2,(H,17,18,19). The molecule has 1 aromatic rings. The van der Waals surface area contributed by atoms with Gasteiger partial charge in [0.05, 0.1) is 0 Å². The Morgan fingerprint density at radius 2 is 1.89 bits per heavy atom. The van der Waals surface area contributed by atoms with E-state index in [4.69, 9.17) is 0 Å². The Kier molecular flexibility index (Phi) is 4.28. The van der Waals surface area contributed by atoms with Crippen LogP contribution in [-0.2, 0) is 0 Å². The molecule has 3 rings (SSSR count). The van der Waals surface area contributed by atoms with E-state index < -0.39 is 0 Å². The van der Waals surface area contributed by atoms with Crippen LogP contribution in [-0.4, -0.2) is 29.6 Å². The van der Waals surface area contributed by atoms with Gasteiger partial charge in [-0.3, -0.25) is 0 Å². The molecule has 0 aromatic carbocycles. The Balaban J connectivity index is 1.52. The quantitative estimate of drug-likeness (QED) is 0.873. The molecule has 1 unspecified atom stereocenters. The first-order valence-electron chi connectivity index (χ1n) is 7.68. The summed E-state index contributed by atoms with van der Waals surface area (Å²) >= 11 is 0. The lowest BCUT2D eigenvalue weighted by atomic mass is 9.85. The van der Waals surface area contributed by atoms with E-state index in [1.54, 1.807) is 0 Å². The lowest BCUT2D eigenvalue weighted by molar-refractivity contribution is 0.442. The summed E-state index contributed by atoms with van der Waals surface area (Å²) in [5.41, 5.74) is 1.33. The van der Waals surface area contributed by atoms with Gasteiger partial charge in [0, 0.05) is 18.9 Å². The molecule has 0 amide bonds. The maximum absolute atomic E-state index is 4.47. The fraction of sp³-hybridized carbons (Fsp3) is 0.733. The molecule has 1 aliphatic carbocycles. The molecular weight excluding hydrogens is 236 g/mol. The summed E-state index contributed by atoms with van der Waals surface area (Å²) in [4.78, 5) is 8.94. The van der Waals surface area contributed by atoms with E-state index in [1.807, 2.05) is 12.4 Å². The van der Waals surface area contributed by atoms with E-state index in [1.165, 1.54) is 44.1 Å². The maximum atomic E-state index is 4.47. The Labute approximate surface area is 115 Å². The highest BCUT2D eigenvalue weighted by atomic mass is 15.1. The molecule has 1 aromatic heterocycles. The average molecular weight is 260 g/mol. The van der Waals surface area contributed by atoms with Gasteiger partial charge in [0.15, 0.2) is 0 Å². The van der Waals surface area contributed by atoms with Crippen LogP contribution in [0.25, 0.3) is 0 Å². The van der Waals surface area contributed by atoms with E-state index in [-0.39, 0.29) is 0 Å². The summed E-state index contributed by atoms with van der Waals surface area (Å²) in [6, 6.07) is 0. The molecule has 2 fully saturated rings. The van der Waals surface area contributed by atoms with E-state index in [2.05, 4.69) is 20.6 Å². The Morgan fingerprint density at radius 1 is 1.11 bits per heavy atom. The van der Waals surface area contributed by atoms with Crippen molar-refractivity contribution in [3.8, 4) is 0 Å². The van der Waals surface area contributed by atoms with Crippen molar-refractivity contribution in [1.82, 2.24) is 15.3 Å². The minimum Gasteiger partial charge on any atom is -0.354 e. The van der Waals surface area contributed by atoms with Crippen molar-refractivity contribution in [1.29, 1.82) is 0 Å². The predicted octanol–water partition coefficient (Wildman–Crippen LogP) is 2.55. The molecule has 0 bridgehead atoms. The zero-order chi connectivity index (χ0) is 12.9. The van der Waals surface area contributed by atoms with Crippen molar-refractivity contribution in [2.75, 3.05) is 25.0 Å². The van der Waals surface area contributed by atoms with Crippen LogP contribution in [0.5, 0.6) is 0 Å². The number of hydrogen-bond acceptors (Lipinski definition) is 4. The van der Waals surface area contributed by atoms with Crippen molar-refractivity contribution in [3.05, 3.63) is 18.0 Å². The van der Waals surface area contributed by atoms with Gasteiger partial charge in [-0.15, -0.1) is 0 Å². The minimum atomic E-state index is 0.696. The number of nitrogens with zero attached hydrogens (tertiary/aromatic N) is 2. The van der Waals surface area contributed by atoms with E-state index in [0.29, 0.717) is 5.92 Å². The molecule has 0 radical (unpaired) electrons. The van der Waals surface area contributed by atoms with Crippen molar-refractivity contribution in [2.45, 2.75) is 44.4 Å². The molecule has 4 heteroatoms. The van der Waals surface area contributed by atoms with Crippen LogP contribution in [0.4, 0.5) is 5.95 Å². The molecule has 1 saturated carbocycles. The second kappa shape index (κ2) is 6.33. The minimum absolute atomic E-state index is 0.696. The lowest BCUT2D eigenvalue weighted by Gasteiger charge is -2.21. The zero-order valence-corrected chi connectivity index (χ0v) is 11.6. The Bertz CT molecular complexity index is 378. The molecule has 2 aliphatic rings. The monoisotopic (exact) mass is 260 g/mol. The van der Waals surface area contributed by atoms with Gasteiger partial charge in [-0.2, -0.15) is 0 Å². The topological polar surface area (TPSA) is 49.8 Å². The van der Waals surface area contributed by atoms with E-state index in [9.17, 15) is 0 Å². The van der Waals surface area contributed by atoms with Gasteiger partial charge in [-0.05, 0) is 49.8 Å². The zero-order valence-electron chi connectivity index (χ0n) is 11.6. The van der Waals surface area contributed by atoms with Gasteiger partial charge in [0.1, 0.15) is 0 Å². The first-order valence-corrected chi connectivity index (χ1v) is 7.68. The van der Waals surface area contributed by atoms with Crippen molar-refractivity contribution < 1.29 is 0 Å². The number of rotatable bonds is 4. The van der Waals surface area contributed by atoms with Crippen LogP contribution < -0.4 is 10.6 Å². The molecule has 1 aliphatic heterocycles. The highest BCUT2D eigenvalue weighted by molar-refractivity contribution is 5.26. The molecule has 19 heavy (non-hydrogen) atoms. The molecule has 0 spiro atoms.